The van der Waals surface area contributed by atoms with E-state index in [1.807, 2.05) is 7.05 Å². The van der Waals surface area contributed by atoms with Crippen molar-refractivity contribution in [2.24, 2.45) is 0 Å². The standard InChI is InChI=1S/C18H21N5S/c1-19-18-20-16(15-7-12-24-17(15)21-18)23-10-8-22(9-11-23)13-14-5-3-2-4-6-14/h2-7,12H,8-11,13H2,1H3,(H,19,20,21). The first-order valence-corrected chi connectivity index (χ1v) is 9.15. The summed E-state index contributed by atoms with van der Waals surface area (Å²) in [5, 5.41) is 6.33. The minimum Gasteiger partial charge on any atom is -0.357 e. The maximum Gasteiger partial charge on any atom is 0.225 e. The number of thiophene rings is 1. The van der Waals surface area contributed by atoms with Crippen LogP contribution in [0.2, 0.25) is 0 Å². The van der Waals surface area contributed by atoms with Gasteiger partial charge in [0.1, 0.15) is 10.6 Å². The maximum absolute atomic E-state index is 4.72. The predicted octanol–water partition coefficient (Wildman–Crippen LogP) is 3.06. The lowest BCUT2D eigenvalue weighted by Gasteiger charge is -2.35. The zero-order valence-corrected chi connectivity index (χ0v) is 14.6. The molecule has 24 heavy (non-hydrogen) atoms. The number of rotatable bonds is 4. The fourth-order valence-electron chi connectivity index (χ4n) is 3.15. The second-order valence-electron chi connectivity index (χ2n) is 6.01. The fourth-order valence-corrected chi connectivity index (χ4v) is 3.91. The SMILES string of the molecule is CNc1nc(N2CCN(Cc3ccccc3)CC2)c2ccsc2n1. The van der Waals surface area contributed by atoms with Crippen molar-refractivity contribution in [1.29, 1.82) is 0 Å². The number of nitrogens with zero attached hydrogens (tertiary/aromatic N) is 4. The third-order valence-electron chi connectivity index (χ3n) is 4.45. The maximum atomic E-state index is 4.72. The molecule has 1 aromatic carbocycles. The average molecular weight is 339 g/mol. The second kappa shape index (κ2) is 6.75. The molecule has 5 nitrogen and oxygen atoms in total. The van der Waals surface area contributed by atoms with Gasteiger partial charge in [0.05, 0.1) is 5.39 Å². The summed E-state index contributed by atoms with van der Waals surface area (Å²) < 4.78 is 0. The molecule has 0 radical (unpaired) electrons. The number of anilines is 2. The Kier molecular flexibility index (Phi) is 4.32. The average Bonchev–Trinajstić information content (AvgIpc) is 3.11. The molecule has 6 heteroatoms. The van der Waals surface area contributed by atoms with Crippen molar-refractivity contribution in [3.8, 4) is 0 Å². The van der Waals surface area contributed by atoms with Gasteiger partial charge >= 0.3 is 0 Å². The summed E-state index contributed by atoms with van der Waals surface area (Å²) in [5.74, 6) is 1.76. The zero-order valence-electron chi connectivity index (χ0n) is 13.8. The Morgan fingerprint density at radius 1 is 1.04 bits per heavy atom. The summed E-state index contributed by atoms with van der Waals surface area (Å²) in [6.07, 6.45) is 0. The van der Waals surface area contributed by atoms with Crippen LogP contribution in [0.25, 0.3) is 10.2 Å². The van der Waals surface area contributed by atoms with E-state index < -0.39 is 0 Å². The van der Waals surface area contributed by atoms with E-state index in [1.54, 1.807) is 11.3 Å². The van der Waals surface area contributed by atoms with Crippen LogP contribution in [-0.4, -0.2) is 48.1 Å². The number of fused-ring (bicyclic) bond motifs is 1. The highest BCUT2D eigenvalue weighted by molar-refractivity contribution is 7.16. The van der Waals surface area contributed by atoms with Gasteiger partial charge in [-0.3, -0.25) is 4.90 Å². The lowest BCUT2D eigenvalue weighted by Crippen LogP contribution is -2.46. The summed E-state index contributed by atoms with van der Waals surface area (Å²) in [6.45, 7) is 5.13. The van der Waals surface area contributed by atoms with Gasteiger partial charge in [-0.05, 0) is 17.0 Å². The largest absolute Gasteiger partial charge is 0.357 e. The zero-order chi connectivity index (χ0) is 16.4. The molecule has 0 aliphatic carbocycles. The number of hydrogen-bond donors (Lipinski definition) is 1. The van der Waals surface area contributed by atoms with Gasteiger partial charge in [0.25, 0.3) is 0 Å². The normalized spacial score (nSPS) is 15.8. The van der Waals surface area contributed by atoms with Crippen molar-refractivity contribution in [2.75, 3.05) is 43.4 Å². The van der Waals surface area contributed by atoms with Crippen molar-refractivity contribution < 1.29 is 0 Å². The van der Waals surface area contributed by atoms with Crippen LogP contribution in [0, 0.1) is 0 Å². The summed E-state index contributed by atoms with van der Waals surface area (Å²) in [4.78, 5) is 15.2. The molecule has 0 saturated carbocycles. The molecular formula is C18H21N5S. The van der Waals surface area contributed by atoms with E-state index >= 15 is 0 Å². The van der Waals surface area contributed by atoms with Gasteiger partial charge in [-0.2, -0.15) is 4.98 Å². The Bertz CT molecular complexity index is 809. The number of piperazine rings is 1. The molecule has 1 N–H and O–H groups in total. The minimum atomic E-state index is 0.701. The number of aromatic nitrogens is 2. The Balaban J connectivity index is 1.49. The molecule has 1 aliphatic rings. The summed E-state index contributed by atoms with van der Waals surface area (Å²) in [6, 6.07) is 12.8. The fraction of sp³-hybridized carbons (Fsp3) is 0.333. The molecule has 2 aromatic heterocycles. The highest BCUT2D eigenvalue weighted by Gasteiger charge is 2.21. The van der Waals surface area contributed by atoms with Crippen LogP contribution in [-0.2, 0) is 6.54 Å². The van der Waals surface area contributed by atoms with Crippen LogP contribution in [0.1, 0.15) is 5.56 Å². The summed E-state index contributed by atoms with van der Waals surface area (Å²) in [5.41, 5.74) is 1.38. The summed E-state index contributed by atoms with van der Waals surface area (Å²) >= 11 is 1.67. The monoisotopic (exact) mass is 339 g/mol. The molecule has 1 fully saturated rings. The van der Waals surface area contributed by atoms with Gasteiger partial charge in [0.15, 0.2) is 0 Å². The molecule has 1 saturated heterocycles. The van der Waals surface area contributed by atoms with Gasteiger partial charge in [-0.15, -0.1) is 11.3 Å². The van der Waals surface area contributed by atoms with Gasteiger partial charge in [0.2, 0.25) is 5.95 Å². The molecular weight excluding hydrogens is 318 g/mol. The molecule has 0 bridgehead atoms. The quantitative estimate of drug-likeness (QED) is 0.791. The lowest BCUT2D eigenvalue weighted by atomic mass is 10.2. The van der Waals surface area contributed by atoms with Crippen LogP contribution in [0.4, 0.5) is 11.8 Å². The molecule has 0 atom stereocenters. The first kappa shape index (κ1) is 15.4. The van der Waals surface area contributed by atoms with E-state index in [0.717, 1.165) is 48.8 Å². The Labute approximate surface area is 146 Å². The smallest absolute Gasteiger partial charge is 0.225 e. The Morgan fingerprint density at radius 2 is 1.83 bits per heavy atom. The molecule has 1 aliphatic heterocycles. The van der Waals surface area contributed by atoms with Crippen molar-refractivity contribution >= 4 is 33.3 Å². The first-order valence-electron chi connectivity index (χ1n) is 8.28. The molecule has 3 aromatic rings. The van der Waals surface area contributed by atoms with E-state index in [-0.39, 0.29) is 0 Å². The molecule has 124 valence electrons. The second-order valence-corrected chi connectivity index (χ2v) is 6.90. The van der Waals surface area contributed by atoms with Crippen molar-refractivity contribution in [3.63, 3.8) is 0 Å². The Morgan fingerprint density at radius 3 is 2.58 bits per heavy atom. The third-order valence-corrected chi connectivity index (χ3v) is 5.26. The highest BCUT2D eigenvalue weighted by Crippen LogP contribution is 2.29. The van der Waals surface area contributed by atoms with Crippen molar-refractivity contribution in [3.05, 3.63) is 47.3 Å². The summed E-state index contributed by atoms with van der Waals surface area (Å²) in [7, 11) is 1.87. The van der Waals surface area contributed by atoms with Crippen molar-refractivity contribution in [1.82, 2.24) is 14.9 Å². The van der Waals surface area contributed by atoms with E-state index in [2.05, 4.69) is 61.9 Å². The molecule has 0 unspecified atom stereocenters. The van der Waals surface area contributed by atoms with E-state index in [9.17, 15) is 0 Å². The topological polar surface area (TPSA) is 44.3 Å². The molecule has 0 amide bonds. The number of benzene rings is 1. The van der Waals surface area contributed by atoms with Crippen LogP contribution in [0.3, 0.4) is 0 Å². The molecule has 0 spiro atoms. The molecule has 4 rings (SSSR count). The minimum absolute atomic E-state index is 0.701. The first-order chi connectivity index (χ1) is 11.8. The Hall–Kier alpha value is -2.18. The third kappa shape index (κ3) is 3.07. The van der Waals surface area contributed by atoms with Gasteiger partial charge in [-0.1, -0.05) is 30.3 Å². The van der Waals surface area contributed by atoms with Gasteiger partial charge in [0, 0.05) is 39.8 Å². The number of hydrogen-bond acceptors (Lipinski definition) is 6. The van der Waals surface area contributed by atoms with Crippen LogP contribution >= 0.6 is 11.3 Å². The van der Waals surface area contributed by atoms with Crippen LogP contribution < -0.4 is 10.2 Å². The van der Waals surface area contributed by atoms with Gasteiger partial charge < -0.3 is 10.2 Å². The van der Waals surface area contributed by atoms with E-state index in [0.29, 0.717) is 5.95 Å². The lowest BCUT2D eigenvalue weighted by molar-refractivity contribution is 0.249. The van der Waals surface area contributed by atoms with Crippen LogP contribution in [0.5, 0.6) is 0 Å². The molecule has 3 heterocycles. The van der Waals surface area contributed by atoms with Gasteiger partial charge in [-0.25, -0.2) is 4.98 Å². The number of nitrogens with one attached hydrogen (secondary N) is 1. The highest BCUT2D eigenvalue weighted by atomic mass is 32.1. The van der Waals surface area contributed by atoms with E-state index in [1.165, 1.54) is 5.56 Å². The van der Waals surface area contributed by atoms with E-state index in [4.69, 9.17) is 4.98 Å². The van der Waals surface area contributed by atoms with Crippen molar-refractivity contribution in [2.45, 2.75) is 6.54 Å². The van der Waals surface area contributed by atoms with Crippen LogP contribution in [0.15, 0.2) is 41.8 Å². The predicted molar refractivity (Wildman–Crippen MR) is 101 cm³/mol.